The van der Waals surface area contributed by atoms with Crippen LogP contribution in [0.25, 0.3) is 0 Å². The molecule has 3 aromatic rings. The summed E-state index contributed by atoms with van der Waals surface area (Å²) in [5.41, 5.74) is 1.40. The maximum Gasteiger partial charge on any atom is 0.234 e. The molecule has 0 spiro atoms. The first kappa shape index (κ1) is 18.7. The van der Waals surface area contributed by atoms with Crippen molar-refractivity contribution in [3.63, 3.8) is 0 Å². The Morgan fingerprint density at radius 3 is 2.96 bits per heavy atom. The molecule has 9 heteroatoms. The molecule has 0 aliphatic carbocycles. The van der Waals surface area contributed by atoms with E-state index in [4.69, 9.17) is 0 Å². The van der Waals surface area contributed by atoms with Gasteiger partial charge in [-0.2, -0.15) is 0 Å². The Hall–Kier alpha value is -2.65. The summed E-state index contributed by atoms with van der Waals surface area (Å²) < 4.78 is 0. The number of anilines is 2. The first-order valence-electron chi connectivity index (χ1n) is 8.95. The van der Waals surface area contributed by atoms with Crippen molar-refractivity contribution in [1.29, 1.82) is 0 Å². The molecule has 28 heavy (non-hydrogen) atoms. The van der Waals surface area contributed by atoms with Crippen LogP contribution in [0.3, 0.4) is 0 Å². The molecule has 3 heterocycles. The summed E-state index contributed by atoms with van der Waals surface area (Å²) in [7, 11) is 0. The molecule has 0 unspecified atom stereocenters. The van der Waals surface area contributed by atoms with E-state index in [9.17, 15) is 9.59 Å². The SMILES string of the molecule is O=C(CSc1n[nH]c(Cc2cccs2)n1)Nc1ccccc1N1CCCC1=O. The summed E-state index contributed by atoms with van der Waals surface area (Å²) >= 11 is 2.95. The summed E-state index contributed by atoms with van der Waals surface area (Å²) in [6.45, 7) is 0.685. The van der Waals surface area contributed by atoms with Crippen LogP contribution in [0, 0.1) is 0 Å². The van der Waals surface area contributed by atoms with Crippen LogP contribution in [0.1, 0.15) is 23.5 Å². The normalized spacial score (nSPS) is 13.9. The maximum absolute atomic E-state index is 12.4. The number of para-hydroxylation sites is 2. The van der Waals surface area contributed by atoms with Crippen LogP contribution in [-0.2, 0) is 16.0 Å². The number of nitrogens with one attached hydrogen (secondary N) is 2. The first-order valence-corrected chi connectivity index (χ1v) is 10.8. The van der Waals surface area contributed by atoms with Gasteiger partial charge in [0, 0.05) is 24.3 Å². The minimum Gasteiger partial charge on any atom is -0.324 e. The largest absolute Gasteiger partial charge is 0.324 e. The van der Waals surface area contributed by atoms with Gasteiger partial charge < -0.3 is 10.2 Å². The predicted octanol–water partition coefficient (Wildman–Crippen LogP) is 3.31. The van der Waals surface area contributed by atoms with Crippen LogP contribution in [0.15, 0.2) is 46.9 Å². The van der Waals surface area contributed by atoms with Gasteiger partial charge in [-0.05, 0) is 30.0 Å². The Kier molecular flexibility index (Phi) is 5.73. The van der Waals surface area contributed by atoms with Gasteiger partial charge in [-0.1, -0.05) is 30.0 Å². The number of carbonyl (C=O) groups excluding carboxylic acids is 2. The highest BCUT2D eigenvalue weighted by Crippen LogP contribution is 2.29. The minimum atomic E-state index is -0.159. The lowest BCUT2D eigenvalue weighted by Crippen LogP contribution is -2.26. The number of thiophene rings is 1. The fraction of sp³-hybridized carbons (Fsp3) is 0.263. The van der Waals surface area contributed by atoms with E-state index in [0.717, 1.165) is 17.9 Å². The molecule has 0 atom stereocenters. The average Bonchev–Trinajstić information content (AvgIpc) is 3.44. The van der Waals surface area contributed by atoms with Crippen LogP contribution in [-0.4, -0.2) is 39.3 Å². The van der Waals surface area contributed by atoms with Crippen molar-refractivity contribution in [2.75, 3.05) is 22.5 Å². The Balaban J connectivity index is 1.34. The molecule has 0 radical (unpaired) electrons. The molecule has 2 amide bonds. The lowest BCUT2D eigenvalue weighted by Gasteiger charge is -2.19. The number of H-pyrrole nitrogens is 1. The molecule has 7 nitrogen and oxygen atoms in total. The molecule has 1 fully saturated rings. The first-order chi connectivity index (χ1) is 13.7. The lowest BCUT2D eigenvalue weighted by molar-refractivity contribution is -0.117. The summed E-state index contributed by atoms with van der Waals surface area (Å²) in [5.74, 6) is 0.908. The van der Waals surface area contributed by atoms with Crippen molar-refractivity contribution in [3.05, 3.63) is 52.5 Å². The molecule has 2 N–H and O–H groups in total. The number of amides is 2. The second-order valence-corrected chi connectivity index (χ2v) is 8.30. The zero-order valence-electron chi connectivity index (χ0n) is 15.1. The number of aromatic amines is 1. The van der Waals surface area contributed by atoms with Gasteiger partial charge in [0.25, 0.3) is 0 Å². The van der Waals surface area contributed by atoms with E-state index in [1.54, 1.807) is 16.2 Å². The Bertz CT molecular complexity index is 970. The zero-order valence-corrected chi connectivity index (χ0v) is 16.7. The van der Waals surface area contributed by atoms with Crippen molar-refractivity contribution in [2.24, 2.45) is 0 Å². The average molecular weight is 414 g/mol. The second-order valence-electron chi connectivity index (χ2n) is 6.32. The second kappa shape index (κ2) is 8.57. The number of thioether (sulfide) groups is 1. The molecule has 1 saturated heterocycles. The molecular formula is C19H19N5O2S2. The third-order valence-electron chi connectivity index (χ3n) is 4.31. The quantitative estimate of drug-likeness (QED) is 0.580. The van der Waals surface area contributed by atoms with Crippen molar-refractivity contribution >= 4 is 46.3 Å². The van der Waals surface area contributed by atoms with Gasteiger partial charge in [0.05, 0.1) is 17.1 Å². The third-order valence-corrected chi connectivity index (χ3v) is 6.03. The van der Waals surface area contributed by atoms with Gasteiger partial charge in [-0.15, -0.1) is 16.4 Å². The van der Waals surface area contributed by atoms with Crippen LogP contribution in [0.5, 0.6) is 0 Å². The van der Waals surface area contributed by atoms with Gasteiger partial charge in [0.15, 0.2) is 0 Å². The highest BCUT2D eigenvalue weighted by atomic mass is 32.2. The summed E-state index contributed by atoms with van der Waals surface area (Å²) in [6.07, 6.45) is 2.10. The molecule has 144 valence electrons. The number of benzene rings is 1. The number of hydrogen-bond donors (Lipinski definition) is 2. The maximum atomic E-state index is 12.4. The smallest absolute Gasteiger partial charge is 0.234 e. The van der Waals surface area contributed by atoms with Gasteiger partial charge in [-0.3, -0.25) is 14.7 Å². The number of carbonyl (C=O) groups is 2. The fourth-order valence-electron chi connectivity index (χ4n) is 3.03. The molecule has 1 aliphatic heterocycles. The van der Waals surface area contributed by atoms with E-state index < -0.39 is 0 Å². The third kappa shape index (κ3) is 4.42. The molecule has 2 aromatic heterocycles. The highest BCUT2D eigenvalue weighted by Gasteiger charge is 2.24. The Morgan fingerprint density at radius 2 is 2.18 bits per heavy atom. The van der Waals surface area contributed by atoms with Crippen molar-refractivity contribution in [3.8, 4) is 0 Å². The van der Waals surface area contributed by atoms with E-state index in [1.165, 1.54) is 16.6 Å². The lowest BCUT2D eigenvalue weighted by atomic mass is 10.2. The molecule has 4 rings (SSSR count). The molecule has 0 saturated carbocycles. The van der Waals surface area contributed by atoms with Crippen LogP contribution in [0.2, 0.25) is 0 Å². The predicted molar refractivity (Wildman–Crippen MR) is 111 cm³/mol. The number of nitrogens with zero attached hydrogens (tertiary/aromatic N) is 3. The van der Waals surface area contributed by atoms with Crippen LogP contribution < -0.4 is 10.2 Å². The van der Waals surface area contributed by atoms with E-state index in [2.05, 4.69) is 26.6 Å². The van der Waals surface area contributed by atoms with Crippen molar-refractivity contribution < 1.29 is 9.59 Å². The monoisotopic (exact) mass is 413 g/mol. The zero-order chi connectivity index (χ0) is 19.3. The van der Waals surface area contributed by atoms with Crippen molar-refractivity contribution in [1.82, 2.24) is 15.2 Å². The van der Waals surface area contributed by atoms with Gasteiger partial charge >= 0.3 is 0 Å². The summed E-state index contributed by atoms with van der Waals surface area (Å²) in [4.78, 5) is 31.8. The number of hydrogen-bond acceptors (Lipinski definition) is 6. The van der Waals surface area contributed by atoms with Crippen LogP contribution in [0.4, 0.5) is 11.4 Å². The highest BCUT2D eigenvalue weighted by molar-refractivity contribution is 7.99. The van der Waals surface area contributed by atoms with Crippen molar-refractivity contribution in [2.45, 2.75) is 24.4 Å². The van der Waals surface area contributed by atoms with Gasteiger partial charge in [0.1, 0.15) is 5.82 Å². The summed E-state index contributed by atoms with van der Waals surface area (Å²) in [6, 6.07) is 11.4. The van der Waals surface area contributed by atoms with E-state index in [-0.39, 0.29) is 17.6 Å². The van der Waals surface area contributed by atoms with E-state index in [0.29, 0.717) is 30.2 Å². The molecule has 1 aliphatic rings. The van der Waals surface area contributed by atoms with Gasteiger partial charge in [0.2, 0.25) is 17.0 Å². The topological polar surface area (TPSA) is 91.0 Å². The standard InChI is InChI=1S/C19H19N5O2S2/c25-17(12-28-19-21-16(22-23-19)11-13-5-4-10-27-13)20-14-6-1-2-7-15(14)24-9-3-8-18(24)26/h1-2,4-7,10H,3,8-9,11-12H2,(H,20,25)(H,21,22,23). The summed E-state index contributed by atoms with van der Waals surface area (Å²) in [5, 5.41) is 12.6. The van der Waals surface area contributed by atoms with Crippen LogP contribution >= 0.6 is 23.1 Å². The Morgan fingerprint density at radius 1 is 1.29 bits per heavy atom. The van der Waals surface area contributed by atoms with Gasteiger partial charge in [-0.25, -0.2) is 4.98 Å². The molecule has 0 bridgehead atoms. The van der Waals surface area contributed by atoms with E-state index in [1.807, 2.05) is 35.7 Å². The fourth-order valence-corrected chi connectivity index (χ4v) is 4.36. The number of aromatic nitrogens is 3. The molecular weight excluding hydrogens is 394 g/mol. The molecule has 1 aromatic carbocycles. The number of rotatable bonds is 7. The Labute approximate surface area is 170 Å². The van der Waals surface area contributed by atoms with E-state index >= 15 is 0 Å². The minimum absolute atomic E-state index is 0.0927.